The molecule has 0 radical (unpaired) electrons. The molecule has 0 unspecified atom stereocenters. The Labute approximate surface area is 166 Å². The van der Waals surface area contributed by atoms with Crippen molar-refractivity contribution in [2.45, 2.75) is 20.0 Å². The first-order chi connectivity index (χ1) is 13.7. The van der Waals surface area contributed by atoms with Crippen molar-refractivity contribution >= 4 is 11.6 Å². The number of carbonyl (C=O) groups is 1. The van der Waals surface area contributed by atoms with Gasteiger partial charge in [-0.25, -0.2) is 0 Å². The van der Waals surface area contributed by atoms with Gasteiger partial charge in [0.15, 0.2) is 0 Å². The van der Waals surface area contributed by atoms with E-state index in [1.807, 2.05) is 54.6 Å². The molecule has 5 nitrogen and oxygen atoms in total. The molecule has 0 aliphatic carbocycles. The fraction of sp³-hybridized carbons (Fsp3) is 0.217. The van der Waals surface area contributed by atoms with E-state index in [1.54, 1.807) is 13.3 Å². The second-order valence-corrected chi connectivity index (χ2v) is 6.43. The highest BCUT2D eigenvalue weighted by molar-refractivity contribution is 5.93. The standard InChI is InChI=1S/C23H25N3O2/c1-3-26(17-19-7-5-4-6-8-19)20-13-14-24-22(15-20)23(27)25-16-18-9-11-21(28-2)12-10-18/h4-15H,3,16-17H2,1-2H3,(H,25,27). The van der Waals surface area contributed by atoms with Gasteiger partial charge in [0, 0.05) is 31.5 Å². The molecule has 0 spiro atoms. The van der Waals surface area contributed by atoms with Gasteiger partial charge in [0.05, 0.1) is 7.11 Å². The maximum absolute atomic E-state index is 12.5. The summed E-state index contributed by atoms with van der Waals surface area (Å²) in [4.78, 5) is 19.0. The van der Waals surface area contributed by atoms with E-state index in [1.165, 1.54) is 5.56 Å². The molecule has 0 bridgehead atoms. The summed E-state index contributed by atoms with van der Waals surface area (Å²) in [6.45, 7) is 4.17. The van der Waals surface area contributed by atoms with Crippen molar-refractivity contribution < 1.29 is 9.53 Å². The number of hydrogen-bond acceptors (Lipinski definition) is 4. The smallest absolute Gasteiger partial charge is 0.270 e. The van der Waals surface area contributed by atoms with E-state index in [-0.39, 0.29) is 5.91 Å². The van der Waals surface area contributed by atoms with Gasteiger partial charge in [0.2, 0.25) is 0 Å². The summed E-state index contributed by atoms with van der Waals surface area (Å²) < 4.78 is 5.15. The molecule has 3 aromatic rings. The summed E-state index contributed by atoms with van der Waals surface area (Å²) in [5.41, 5.74) is 3.63. The van der Waals surface area contributed by atoms with Crippen molar-refractivity contribution in [2.75, 3.05) is 18.6 Å². The fourth-order valence-electron chi connectivity index (χ4n) is 2.95. The molecule has 3 rings (SSSR count). The zero-order valence-electron chi connectivity index (χ0n) is 16.3. The average molecular weight is 375 g/mol. The summed E-state index contributed by atoms with van der Waals surface area (Å²) in [7, 11) is 1.63. The lowest BCUT2D eigenvalue weighted by atomic mass is 10.2. The molecular weight excluding hydrogens is 350 g/mol. The third-order valence-electron chi connectivity index (χ3n) is 4.55. The van der Waals surface area contributed by atoms with E-state index in [0.29, 0.717) is 12.2 Å². The molecule has 0 saturated heterocycles. The molecular formula is C23H25N3O2. The first-order valence-corrected chi connectivity index (χ1v) is 9.35. The minimum absolute atomic E-state index is 0.187. The Balaban J connectivity index is 1.66. The third kappa shape index (κ3) is 5.10. The molecule has 5 heteroatoms. The van der Waals surface area contributed by atoms with Crippen LogP contribution in [0.5, 0.6) is 5.75 Å². The Morgan fingerprint density at radius 2 is 1.79 bits per heavy atom. The van der Waals surface area contributed by atoms with Crippen molar-refractivity contribution in [3.05, 3.63) is 89.7 Å². The van der Waals surface area contributed by atoms with Gasteiger partial charge in [-0.1, -0.05) is 42.5 Å². The molecule has 0 saturated carbocycles. The summed E-state index contributed by atoms with van der Waals surface area (Å²) >= 11 is 0. The topological polar surface area (TPSA) is 54.5 Å². The Bertz CT molecular complexity index is 895. The monoisotopic (exact) mass is 375 g/mol. The van der Waals surface area contributed by atoms with Crippen LogP contribution in [0.25, 0.3) is 0 Å². The maximum atomic E-state index is 12.5. The number of nitrogens with zero attached hydrogens (tertiary/aromatic N) is 2. The summed E-state index contributed by atoms with van der Waals surface area (Å²) in [6.07, 6.45) is 1.69. The predicted octanol–water partition coefficient (Wildman–Crippen LogP) is 4.05. The SMILES string of the molecule is CCN(Cc1ccccc1)c1ccnc(C(=O)NCc2ccc(OC)cc2)c1. The number of pyridine rings is 1. The van der Waals surface area contributed by atoms with Crippen LogP contribution in [0.15, 0.2) is 72.9 Å². The quantitative estimate of drug-likeness (QED) is 0.645. The molecule has 1 aromatic heterocycles. The highest BCUT2D eigenvalue weighted by Crippen LogP contribution is 2.18. The lowest BCUT2D eigenvalue weighted by molar-refractivity contribution is 0.0946. The van der Waals surface area contributed by atoms with Crippen LogP contribution in [0, 0.1) is 0 Å². The Hall–Kier alpha value is -3.34. The number of anilines is 1. The number of hydrogen-bond donors (Lipinski definition) is 1. The van der Waals surface area contributed by atoms with E-state index in [2.05, 4.69) is 34.3 Å². The van der Waals surface area contributed by atoms with Crippen LogP contribution >= 0.6 is 0 Å². The van der Waals surface area contributed by atoms with Crippen LogP contribution in [-0.2, 0) is 13.1 Å². The number of nitrogens with one attached hydrogen (secondary N) is 1. The minimum Gasteiger partial charge on any atom is -0.497 e. The largest absolute Gasteiger partial charge is 0.497 e. The molecule has 1 amide bonds. The first kappa shape index (κ1) is 19.4. The van der Waals surface area contributed by atoms with Gasteiger partial charge >= 0.3 is 0 Å². The van der Waals surface area contributed by atoms with Crippen LogP contribution in [0.2, 0.25) is 0 Å². The maximum Gasteiger partial charge on any atom is 0.270 e. The second-order valence-electron chi connectivity index (χ2n) is 6.43. The van der Waals surface area contributed by atoms with Crippen LogP contribution in [0.3, 0.4) is 0 Å². The van der Waals surface area contributed by atoms with Gasteiger partial charge in [-0.3, -0.25) is 9.78 Å². The van der Waals surface area contributed by atoms with E-state index in [4.69, 9.17) is 4.74 Å². The van der Waals surface area contributed by atoms with Crippen LogP contribution in [-0.4, -0.2) is 24.5 Å². The number of carbonyl (C=O) groups excluding carboxylic acids is 1. The van der Waals surface area contributed by atoms with Crippen molar-refractivity contribution in [3.8, 4) is 5.75 Å². The molecule has 0 aliphatic heterocycles. The highest BCUT2D eigenvalue weighted by atomic mass is 16.5. The lowest BCUT2D eigenvalue weighted by Gasteiger charge is -2.23. The van der Waals surface area contributed by atoms with Gasteiger partial charge < -0.3 is 15.0 Å². The number of aromatic nitrogens is 1. The molecule has 1 heterocycles. The van der Waals surface area contributed by atoms with Crippen molar-refractivity contribution in [2.24, 2.45) is 0 Å². The van der Waals surface area contributed by atoms with Gasteiger partial charge in [-0.15, -0.1) is 0 Å². The highest BCUT2D eigenvalue weighted by Gasteiger charge is 2.11. The molecule has 2 aromatic carbocycles. The Morgan fingerprint density at radius 3 is 2.46 bits per heavy atom. The molecule has 144 valence electrons. The lowest BCUT2D eigenvalue weighted by Crippen LogP contribution is -2.25. The van der Waals surface area contributed by atoms with Crippen molar-refractivity contribution in [3.63, 3.8) is 0 Å². The van der Waals surface area contributed by atoms with Crippen molar-refractivity contribution in [1.29, 1.82) is 0 Å². The number of methoxy groups -OCH3 is 1. The fourth-order valence-corrected chi connectivity index (χ4v) is 2.95. The van der Waals surface area contributed by atoms with E-state index in [9.17, 15) is 4.79 Å². The van der Waals surface area contributed by atoms with Crippen LogP contribution in [0.1, 0.15) is 28.5 Å². The van der Waals surface area contributed by atoms with E-state index in [0.717, 1.165) is 30.1 Å². The molecule has 0 aliphatic rings. The minimum atomic E-state index is -0.187. The van der Waals surface area contributed by atoms with Crippen LogP contribution in [0.4, 0.5) is 5.69 Å². The van der Waals surface area contributed by atoms with Gasteiger partial charge in [-0.2, -0.15) is 0 Å². The Morgan fingerprint density at radius 1 is 1.04 bits per heavy atom. The average Bonchev–Trinajstić information content (AvgIpc) is 2.77. The summed E-state index contributed by atoms with van der Waals surface area (Å²) in [6, 6.07) is 21.7. The van der Waals surface area contributed by atoms with Gasteiger partial charge in [0.25, 0.3) is 5.91 Å². The zero-order valence-corrected chi connectivity index (χ0v) is 16.3. The van der Waals surface area contributed by atoms with E-state index < -0.39 is 0 Å². The van der Waals surface area contributed by atoms with E-state index >= 15 is 0 Å². The molecule has 0 fully saturated rings. The number of amides is 1. The predicted molar refractivity (Wildman–Crippen MR) is 112 cm³/mol. The molecule has 1 N–H and O–H groups in total. The third-order valence-corrected chi connectivity index (χ3v) is 4.55. The first-order valence-electron chi connectivity index (χ1n) is 9.35. The number of ether oxygens (including phenoxy) is 1. The normalized spacial score (nSPS) is 10.4. The van der Waals surface area contributed by atoms with Gasteiger partial charge in [0.1, 0.15) is 11.4 Å². The summed E-state index contributed by atoms with van der Waals surface area (Å²) in [5, 5.41) is 2.93. The number of benzene rings is 2. The second kappa shape index (κ2) is 9.55. The zero-order chi connectivity index (χ0) is 19.8. The van der Waals surface area contributed by atoms with Gasteiger partial charge in [-0.05, 0) is 42.3 Å². The number of rotatable bonds is 8. The molecule has 28 heavy (non-hydrogen) atoms. The molecule has 0 atom stereocenters. The van der Waals surface area contributed by atoms with Crippen LogP contribution < -0.4 is 15.0 Å². The summed E-state index contributed by atoms with van der Waals surface area (Å²) in [5.74, 6) is 0.607. The Kier molecular flexibility index (Phi) is 6.63. The van der Waals surface area contributed by atoms with Crippen molar-refractivity contribution in [1.82, 2.24) is 10.3 Å².